The van der Waals surface area contributed by atoms with Crippen molar-refractivity contribution >= 4 is 18.9 Å². The maximum Gasteiger partial charge on any atom is 0.471 e. The number of morpholine rings is 1. The van der Waals surface area contributed by atoms with Gasteiger partial charge >= 0.3 is 7.12 Å². The van der Waals surface area contributed by atoms with Crippen molar-refractivity contribution in [2.75, 3.05) is 32.8 Å². The lowest BCUT2D eigenvalue weighted by molar-refractivity contribution is 0.00578. The van der Waals surface area contributed by atoms with Crippen LogP contribution in [0, 0.1) is 0 Å². The van der Waals surface area contributed by atoms with Crippen molar-refractivity contribution in [3.8, 4) is 0 Å². The molecule has 0 N–H and O–H groups in total. The van der Waals surface area contributed by atoms with Crippen molar-refractivity contribution in [3.05, 3.63) is 0 Å². The first kappa shape index (κ1) is 16.1. The molecule has 0 aromatic heterocycles. The summed E-state index contributed by atoms with van der Waals surface area (Å²) in [7, 11) is -0.0466. The number of ether oxygens (including phenoxy) is 1. The Kier molecular flexibility index (Phi) is 4.64. The lowest BCUT2D eigenvalue weighted by Gasteiger charge is -2.32. The number of nitrogens with zero attached hydrogens (tertiary/aromatic N) is 1. The number of rotatable bonds is 3. The van der Waals surface area contributed by atoms with E-state index in [1.165, 1.54) is 19.4 Å². The summed E-state index contributed by atoms with van der Waals surface area (Å²) in [6.45, 7) is 13.7. The summed E-state index contributed by atoms with van der Waals surface area (Å²) in [4.78, 5) is 2.54. The highest BCUT2D eigenvalue weighted by atomic mass is 32.2. The van der Waals surface area contributed by atoms with E-state index >= 15 is 0 Å². The second kappa shape index (κ2) is 6.04. The summed E-state index contributed by atoms with van der Waals surface area (Å²) in [6, 6.07) is 0. The molecule has 0 aromatic carbocycles. The molecule has 2 atom stereocenters. The van der Waals surface area contributed by atoms with Gasteiger partial charge in [-0.3, -0.25) is 4.90 Å². The van der Waals surface area contributed by atoms with E-state index in [9.17, 15) is 0 Å². The summed E-state index contributed by atoms with van der Waals surface area (Å²) in [5, 5.41) is 1.20. The fraction of sp³-hybridized carbons (Fsp3) is 1.00. The van der Waals surface area contributed by atoms with Crippen molar-refractivity contribution in [2.45, 2.75) is 62.1 Å². The van der Waals surface area contributed by atoms with E-state index in [1.54, 1.807) is 0 Å². The largest absolute Gasteiger partial charge is 0.471 e. The highest BCUT2D eigenvalue weighted by molar-refractivity contribution is 8.02. The molecule has 0 saturated carbocycles. The summed E-state index contributed by atoms with van der Waals surface area (Å²) in [5.74, 6) is 0. The predicted molar refractivity (Wildman–Crippen MR) is 87.7 cm³/mol. The van der Waals surface area contributed by atoms with E-state index in [0.29, 0.717) is 10.4 Å². The molecule has 0 bridgehead atoms. The third kappa shape index (κ3) is 3.45. The van der Waals surface area contributed by atoms with Gasteiger partial charge < -0.3 is 14.0 Å². The smallest absolute Gasteiger partial charge is 0.403 e. The van der Waals surface area contributed by atoms with Gasteiger partial charge in [0.15, 0.2) is 0 Å². The van der Waals surface area contributed by atoms with E-state index < -0.39 is 0 Å². The Bertz CT molecular complexity index is 358. The fourth-order valence-electron chi connectivity index (χ4n) is 3.18. The minimum Gasteiger partial charge on any atom is -0.403 e. The van der Waals surface area contributed by atoms with E-state index in [0.717, 1.165) is 26.3 Å². The van der Waals surface area contributed by atoms with Crippen LogP contribution < -0.4 is 0 Å². The molecule has 21 heavy (non-hydrogen) atoms. The van der Waals surface area contributed by atoms with Crippen LogP contribution in [0.25, 0.3) is 0 Å². The van der Waals surface area contributed by atoms with Crippen molar-refractivity contribution in [2.24, 2.45) is 0 Å². The molecule has 3 rings (SSSR count). The predicted octanol–water partition coefficient (Wildman–Crippen LogP) is 2.21. The molecule has 3 heterocycles. The van der Waals surface area contributed by atoms with Crippen LogP contribution in [-0.4, -0.2) is 66.5 Å². The molecule has 3 aliphatic rings. The van der Waals surface area contributed by atoms with Crippen LogP contribution >= 0.6 is 11.8 Å². The van der Waals surface area contributed by atoms with Crippen LogP contribution in [0.1, 0.15) is 40.5 Å². The average molecular weight is 313 g/mol. The molecular formula is C15H28BNO3S. The van der Waals surface area contributed by atoms with Crippen LogP contribution in [0.15, 0.2) is 0 Å². The van der Waals surface area contributed by atoms with Gasteiger partial charge in [-0.15, -0.1) is 0 Å². The Labute approximate surface area is 133 Å². The van der Waals surface area contributed by atoms with Crippen molar-refractivity contribution < 1.29 is 14.0 Å². The molecule has 0 spiro atoms. The van der Waals surface area contributed by atoms with Gasteiger partial charge in [-0.1, -0.05) is 0 Å². The second-order valence-corrected chi connectivity index (χ2v) is 8.96. The van der Waals surface area contributed by atoms with Crippen LogP contribution in [0.5, 0.6) is 0 Å². The number of hydrogen-bond acceptors (Lipinski definition) is 5. The zero-order chi connectivity index (χ0) is 15.1. The summed E-state index contributed by atoms with van der Waals surface area (Å²) >= 11 is 2.07. The van der Waals surface area contributed by atoms with Gasteiger partial charge in [-0.05, 0) is 40.5 Å². The second-order valence-electron chi connectivity index (χ2n) is 7.41. The van der Waals surface area contributed by atoms with Crippen LogP contribution in [0.3, 0.4) is 0 Å². The van der Waals surface area contributed by atoms with Gasteiger partial charge in [0.05, 0.1) is 24.4 Å². The Morgan fingerprint density at radius 1 is 1.05 bits per heavy atom. The maximum atomic E-state index is 6.21. The molecule has 3 saturated heterocycles. The quantitative estimate of drug-likeness (QED) is 0.746. The van der Waals surface area contributed by atoms with Crippen molar-refractivity contribution in [1.82, 2.24) is 4.90 Å². The highest BCUT2D eigenvalue weighted by Crippen LogP contribution is 2.44. The Hall–Kier alpha value is 0.255. The van der Waals surface area contributed by atoms with Crippen LogP contribution in [0.2, 0.25) is 0 Å². The molecule has 4 nitrogen and oxygen atoms in total. The van der Waals surface area contributed by atoms with Gasteiger partial charge in [-0.2, -0.15) is 11.8 Å². The molecule has 0 radical (unpaired) electrons. The summed E-state index contributed by atoms with van der Waals surface area (Å²) in [5.41, 5.74) is -0.416. The molecule has 6 heteroatoms. The first-order valence-corrected chi connectivity index (χ1v) is 9.13. The summed E-state index contributed by atoms with van der Waals surface area (Å²) < 4.78 is 17.8. The SMILES string of the molecule is CC1(C)OB(C2CCC(CN3CCOCC3)S2)OC1(C)C. The molecule has 0 aliphatic carbocycles. The standard InChI is InChI=1S/C15H28BNO3S/c1-14(2)15(3,4)20-16(19-14)13-6-5-12(21-13)11-17-7-9-18-10-8-17/h12-13H,5-11H2,1-4H3. The number of thioether (sulfide) groups is 1. The van der Waals surface area contributed by atoms with E-state index in [2.05, 4.69) is 44.4 Å². The molecule has 2 unspecified atom stereocenters. The van der Waals surface area contributed by atoms with Crippen LogP contribution in [0.4, 0.5) is 0 Å². The van der Waals surface area contributed by atoms with Gasteiger partial charge in [0.1, 0.15) is 0 Å². The highest BCUT2D eigenvalue weighted by Gasteiger charge is 2.55. The zero-order valence-corrected chi connectivity index (χ0v) is 14.6. The lowest BCUT2D eigenvalue weighted by Crippen LogP contribution is -2.41. The molecule has 0 amide bonds. The average Bonchev–Trinajstić information content (AvgIpc) is 2.94. The third-order valence-electron chi connectivity index (χ3n) is 5.28. The molecule has 3 aliphatic heterocycles. The monoisotopic (exact) mass is 313 g/mol. The third-order valence-corrected chi connectivity index (χ3v) is 6.86. The van der Waals surface area contributed by atoms with Gasteiger partial charge in [0, 0.05) is 30.0 Å². The molecule has 3 fully saturated rings. The first-order chi connectivity index (χ1) is 9.87. The fourth-order valence-corrected chi connectivity index (χ4v) is 4.76. The summed E-state index contributed by atoms with van der Waals surface area (Å²) in [6.07, 6.45) is 2.48. The Morgan fingerprint density at radius 3 is 2.29 bits per heavy atom. The maximum absolute atomic E-state index is 6.21. The zero-order valence-electron chi connectivity index (χ0n) is 13.8. The molecule has 0 aromatic rings. The van der Waals surface area contributed by atoms with Crippen molar-refractivity contribution in [1.29, 1.82) is 0 Å². The van der Waals surface area contributed by atoms with Crippen molar-refractivity contribution in [3.63, 3.8) is 0 Å². The van der Waals surface area contributed by atoms with E-state index in [-0.39, 0.29) is 18.3 Å². The van der Waals surface area contributed by atoms with E-state index in [1.807, 2.05) is 0 Å². The Morgan fingerprint density at radius 2 is 1.67 bits per heavy atom. The van der Waals surface area contributed by atoms with Crippen LogP contribution in [-0.2, 0) is 14.0 Å². The minimum absolute atomic E-state index is 0.0466. The normalized spacial score (nSPS) is 36.3. The minimum atomic E-state index is -0.208. The first-order valence-electron chi connectivity index (χ1n) is 8.19. The van der Waals surface area contributed by atoms with E-state index in [4.69, 9.17) is 14.0 Å². The van der Waals surface area contributed by atoms with Gasteiger partial charge in [-0.25, -0.2) is 0 Å². The topological polar surface area (TPSA) is 30.9 Å². The molecule has 120 valence electrons. The lowest BCUT2D eigenvalue weighted by atomic mass is 9.81. The molecular weight excluding hydrogens is 285 g/mol. The van der Waals surface area contributed by atoms with Gasteiger partial charge in [0.2, 0.25) is 0 Å². The number of hydrogen-bond donors (Lipinski definition) is 0. The Balaban J connectivity index is 1.51. The van der Waals surface area contributed by atoms with Gasteiger partial charge in [0.25, 0.3) is 0 Å².